The largest absolute Gasteiger partial charge is 0.448 e. The van der Waals surface area contributed by atoms with Crippen molar-refractivity contribution in [1.29, 1.82) is 0 Å². The zero-order valence-corrected chi connectivity index (χ0v) is 23.0. The quantitative estimate of drug-likeness (QED) is 0.269. The van der Waals surface area contributed by atoms with Crippen molar-refractivity contribution >= 4 is 52.9 Å². The second-order valence-corrected chi connectivity index (χ2v) is 12.1. The zero-order chi connectivity index (χ0) is 26.7. The van der Waals surface area contributed by atoms with Crippen LogP contribution in [0.5, 0.6) is 0 Å². The van der Waals surface area contributed by atoms with Crippen LogP contribution in [0.15, 0.2) is 71.9 Å². The first kappa shape index (κ1) is 27.4. The standard InChI is InChI=1S/C27H28Cl2N2O5S/c1-27(2,3)36-26(34)30-20-23(32)31-21(18(14-19(28)29)15-37-24(20)31)25(33)35-22(16-10-6-4-7-11-16)17-12-8-5-9-13-17/h4-13,19-20,22,24H,14-15H2,1-3H3,(H,30,34). The third kappa shape index (κ3) is 6.43. The molecule has 1 N–H and O–H groups in total. The predicted octanol–water partition coefficient (Wildman–Crippen LogP) is 5.58. The Labute approximate surface area is 230 Å². The molecule has 0 aromatic heterocycles. The van der Waals surface area contributed by atoms with Gasteiger partial charge in [0, 0.05) is 12.2 Å². The molecule has 2 amide bonds. The number of nitrogens with zero attached hydrogens (tertiary/aromatic N) is 1. The first-order valence-corrected chi connectivity index (χ1v) is 13.7. The van der Waals surface area contributed by atoms with Gasteiger partial charge in [0.15, 0.2) is 6.10 Å². The topological polar surface area (TPSA) is 84.9 Å². The molecule has 2 aromatic rings. The average Bonchev–Trinajstić information content (AvgIpc) is 2.85. The summed E-state index contributed by atoms with van der Waals surface area (Å²) < 4.78 is 11.4. The van der Waals surface area contributed by atoms with E-state index >= 15 is 0 Å². The highest BCUT2D eigenvalue weighted by Crippen LogP contribution is 2.43. The summed E-state index contributed by atoms with van der Waals surface area (Å²) in [6, 6.07) is 17.9. The Bertz CT molecular complexity index is 1140. The number of ether oxygens (including phenoxy) is 2. The fourth-order valence-electron chi connectivity index (χ4n) is 4.20. The number of halogens is 2. The van der Waals surface area contributed by atoms with Crippen molar-refractivity contribution in [3.63, 3.8) is 0 Å². The summed E-state index contributed by atoms with van der Waals surface area (Å²) in [5.41, 5.74) is 1.61. The minimum Gasteiger partial charge on any atom is -0.448 e. The average molecular weight is 564 g/mol. The van der Waals surface area contributed by atoms with Crippen LogP contribution in [-0.4, -0.2) is 50.5 Å². The van der Waals surface area contributed by atoms with Crippen LogP contribution < -0.4 is 5.32 Å². The summed E-state index contributed by atoms with van der Waals surface area (Å²) >= 11 is 13.6. The fraction of sp³-hybridized carbons (Fsp3) is 0.370. The van der Waals surface area contributed by atoms with Gasteiger partial charge in [0.25, 0.3) is 5.91 Å². The summed E-state index contributed by atoms with van der Waals surface area (Å²) in [6.45, 7) is 5.22. The van der Waals surface area contributed by atoms with Gasteiger partial charge in [-0.25, -0.2) is 9.59 Å². The van der Waals surface area contributed by atoms with Gasteiger partial charge >= 0.3 is 12.1 Å². The van der Waals surface area contributed by atoms with E-state index in [4.69, 9.17) is 32.7 Å². The van der Waals surface area contributed by atoms with Crippen molar-refractivity contribution in [2.75, 3.05) is 5.75 Å². The van der Waals surface area contributed by atoms with Crippen LogP contribution in [0.3, 0.4) is 0 Å². The number of fused-ring (bicyclic) bond motifs is 1. The van der Waals surface area contributed by atoms with E-state index in [2.05, 4.69) is 5.32 Å². The molecule has 0 saturated carbocycles. The number of nitrogens with one attached hydrogen (secondary N) is 1. The number of hydrogen-bond acceptors (Lipinski definition) is 6. The van der Waals surface area contributed by atoms with E-state index in [1.54, 1.807) is 20.8 Å². The molecule has 1 saturated heterocycles. The summed E-state index contributed by atoms with van der Waals surface area (Å²) in [5, 5.41) is 2.15. The molecule has 2 aromatic carbocycles. The number of thioether (sulfide) groups is 1. The Hall–Kier alpha value is -2.68. The molecule has 0 aliphatic carbocycles. The molecule has 7 nitrogen and oxygen atoms in total. The van der Waals surface area contributed by atoms with Crippen LogP contribution in [0, 0.1) is 0 Å². The van der Waals surface area contributed by atoms with Crippen molar-refractivity contribution in [1.82, 2.24) is 10.2 Å². The molecule has 2 atom stereocenters. The van der Waals surface area contributed by atoms with Crippen molar-refractivity contribution in [2.45, 2.75) is 55.1 Å². The van der Waals surface area contributed by atoms with E-state index in [0.29, 0.717) is 11.3 Å². The number of amides is 2. The fourth-order valence-corrected chi connectivity index (χ4v) is 5.93. The van der Waals surface area contributed by atoms with Crippen LogP contribution in [0.4, 0.5) is 4.79 Å². The van der Waals surface area contributed by atoms with Crippen LogP contribution in [0.1, 0.15) is 44.4 Å². The lowest BCUT2D eigenvalue weighted by Gasteiger charge is -2.49. The number of β-lactam (4-membered cyclic amide) rings is 1. The molecule has 0 radical (unpaired) electrons. The van der Waals surface area contributed by atoms with E-state index in [0.717, 1.165) is 11.1 Å². The molecule has 4 rings (SSSR count). The van der Waals surface area contributed by atoms with Crippen molar-refractivity contribution in [3.05, 3.63) is 83.1 Å². The summed E-state index contributed by atoms with van der Waals surface area (Å²) in [7, 11) is 0. The van der Waals surface area contributed by atoms with Gasteiger partial charge in [-0.1, -0.05) is 60.7 Å². The number of carbonyl (C=O) groups is 3. The zero-order valence-electron chi connectivity index (χ0n) is 20.6. The maximum absolute atomic E-state index is 13.7. The molecule has 10 heteroatoms. The summed E-state index contributed by atoms with van der Waals surface area (Å²) in [6.07, 6.45) is -1.19. The molecule has 2 unspecified atom stereocenters. The molecule has 0 bridgehead atoms. The number of rotatable bonds is 7. The molecule has 0 spiro atoms. The maximum atomic E-state index is 13.7. The smallest absolute Gasteiger partial charge is 0.408 e. The van der Waals surface area contributed by atoms with Crippen molar-refractivity contribution < 1.29 is 23.9 Å². The number of hydrogen-bond donors (Lipinski definition) is 1. The lowest BCUT2D eigenvalue weighted by atomic mass is 10.00. The van der Waals surface area contributed by atoms with Gasteiger partial charge in [0.1, 0.15) is 27.6 Å². The first-order valence-electron chi connectivity index (χ1n) is 11.8. The van der Waals surface area contributed by atoms with Gasteiger partial charge in [-0.15, -0.1) is 35.0 Å². The third-order valence-corrected chi connectivity index (χ3v) is 7.39. The molecule has 196 valence electrons. The Morgan fingerprint density at radius 3 is 2.14 bits per heavy atom. The Morgan fingerprint density at radius 2 is 1.62 bits per heavy atom. The lowest BCUT2D eigenvalue weighted by Crippen LogP contribution is -2.70. The predicted molar refractivity (Wildman–Crippen MR) is 144 cm³/mol. The highest BCUT2D eigenvalue weighted by Gasteiger charge is 2.55. The van der Waals surface area contributed by atoms with E-state index in [1.165, 1.54) is 16.7 Å². The van der Waals surface area contributed by atoms with E-state index in [9.17, 15) is 14.4 Å². The first-order chi connectivity index (χ1) is 17.5. The number of alkyl halides is 2. The molecule has 37 heavy (non-hydrogen) atoms. The van der Waals surface area contributed by atoms with Gasteiger partial charge in [0.2, 0.25) is 0 Å². The highest BCUT2D eigenvalue weighted by atomic mass is 35.5. The number of benzene rings is 2. The summed E-state index contributed by atoms with van der Waals surface area (Å²) in [5.74, 6) is -0.678. The van der Waals surface area contributed by atoms with Crippen LogP contribution in [-0.2, 0) is 19.1 Å². The monoisotopic (exact) mass is 562 g/mol. The van der Waals surface area contributed by atoms with Crippen LogP contribution in [0.2, 0.25) is 0 Å². The van der Waals surface area contributed by atoms with Gasteiger partial charge in [-0.2, -0.15) is 0 Å². The maximum Gasteiger partial charge on any atom is 0.408 e. The lowest BCUT2D eigenvalue weighted by molar-refractivity contribution is -0.153. The van der Waals surface area contributed by atoms with Crippen LogP contribution in [0.25, 0.3) is 0 Å². The Balaban J connectivity index is 1.61. The molecular formula is C27H28Cl2N2O5S. The van der Waals surface area contributed by atoms with Crippen LogP contribution >= 0.6 is 35.0 Å². The minimum atomic E-state index is -0.828. The second kappa shape index (κ2) is 11.4. The summed E-state index contributed by atoms with van der Waals surface area (Å²) in [4.78, 5) is 39.8. The molecule has 2 aliphatic rings. The van der Waals surface area contributed by atoms with Gasteiger partial charge in [0.05, 0.1) is 0 Å². The van der Waals surface area contributed by atoms with E-state index in [1.807, 2.05) is 60.7 Å². The Kier molecular flexibility index (Phi) is 8.41. The molecule has 1 fully saturated rings. The normalized spacial score (nSPS) is 19.4. The van der Waals surface area contributed by atoms with E-state index < -0.39 is 45.9 Å². The minimum absolute atomic E-state index is 0.124. The molecular weight excluding hydrogens is 535 g/mol. The second-order valence-electron chi connectivity index (χ2n) is 9.69. The van der Waals surface area contributed by atoms with Gasteiger partial charge in [-0.3, -0.25) is 9.69 Å². The molecule has 2 heterocycles. The van der Waals surface area contributed by atoms with Crippen molar-refractivity contribution in [2.24, 2.45) is 0 Å². The van der Waals surface area contributed by atoms with Gasteiger partial charge < -0.3 is 14.8 Å². The van der Waals surface area contributed by atoms with E-state index in [-0.39, 0.29) is 12.1 Å². The number of carbonyl (C=O) groups excluding carboxylic acids is 3. The highest BCUT2D eigenvalue weighted by molar-refractivity contribution is 8.00. The third-order valence-electron chi connectivity index (χ3n) is 5.74. The SMILES string of the molecule is CC(C)(C)OC(=O)NC1C(=O)N2C(C(=O)OC(c3ccccc3)c3ccccc3)=C(CC(Cl)Cl)CSC12. The number of esters is 1. The van der Waals surface area contributed by atoms with Gasteiger partial charge in [-0.05, 0) is 37.5 Å². The van der Waals surface area contributed by atoms with Crippen molar-refractivity contribution in [3.8, 4) is 0 Å². The molecule has 2 aliphatic heterocycles. The number of alkyl carbamates (subject to hydrolysis) is 1. The Morgan fingerprint density at radius 1 is 1.05 bits per heavy atom.